The zero-order valence-electron chi connectivity index (χ0n) is 17.0. The molecule has 4 rings (SSSR count). The van der Waals surface area contributed by atoms with Crippen molar-refractivity contribution in [2.75, 3.05) is 45.2 Å². The number of carbonyl (C=O) groups is 2. The van der Waals surface area contributed by atoms with Crippen molar-refractivity contribution in [3.63, 3.8) is 0 Å². The van der Waals surface area contributed by atoms with Crippen LogP contribution in [0.4, 0.5) is 5.82 Å². The highest BCUT2D eigenvalue weighted by Crippen LogP contribution is 2.45. The number of pyridine rings is 2. The quantitative estimate of drug-likeness (QED) is 0.797. The lowest BCUT2D eigenvalue weighted by Gasteiger charge is -2.34. The molecule has 2 aromatic heterocycles. The first-order valence-corrected chi connectivity index (χ1v) is 10.1. The predicted octanol–water partition coefficient (Wildman–Crippen LogP) is 1.92. The molecule has 0 unspecified atom stereocenters. The van der Waals surface area contributed by atoms with Crippen LogP contribution in [0.25, 0.3) is 0 Å². The normalized spacial score (nSPS) is 24.0. The second kappa shape index (κ2) is 7.81. The van der Waals surface area contributed by atoms with Gasteiger partial charge in [-0.3, -0.25) is 14.6 Å². The van der Waals surface area contributed by atoms with Gasteiger partial charge < -0.3 is 14.7 Å². The van der Waals surface area contributed by atoms with Gasteiger partial charge in [-0.15, -0.1) is 0 Å². The van der Waals surface area contributed by atoms with Gasteiger partial charge in [0, 0.05) is 58.6 Å². The summed E-state index contributed by atoms with van der Waals surface area (Å²) < 4.78 is 0. The Labute approximate surface area is 171 Å². The minimum atomic E-state index is -0.500. The summed E-state index contributed by atoms with van der Waals surface area (Å²) in [6, 6.07) is 11.2. The third-order valence-electron chi connectivity index (χ3n) is 6.16. The van der Waals surface area contributed by atoms with Crippen molar-refractivity contribution in [2.24, 2.45) is 11.3 Å². The van der Waals surface area contributed by atoms with Gasteiger partial charge in [0.1, 0.15) is 11.5 Å². The summed E-state index contributed by atoms with van der Waals surface area (Å²) in [5, 5.41) is 0. The number of aromatic nitrogens is 2. The Morgan fingerprint density at radius 3 is 2.48 bits per heavy atom. The summed E-state index contributed by atoms with van der Waals surface area (Å²) in [5.74, 6) is 1.02. The average molecular weight is 393 g/mol. The van der Waals surface area contributed by atoms with E-state index in [4.69, 9.17) is 0 Å². The maximum absolute atomic E-state index is 13.3. The fourth-order valence-corrected chi connectivity index (χ4v) is 4.78. The van der Waals surface area contributed by atoms with Gasteiger partial charge in [0.05, 0.1) is 5.41 Å². The molecule has 2 atom stereocenters. The van der Waals surface area contributed by atoms with E-state index in [0.29, 0.717) is 31.9 Å². The maximum Gasteiger partial charge on any atom is 0.272 e. The molecule has 7 nitrogen and oxygen atoms in total. The molecule has 0 aliphatic carbocycles. The Bertz CT molecular complexity index is 873. The van der Waals surface area contributed by atoms with E-state index >= 15 is 0 Å². The molecule has 0 N–H and O–H groups in total. The van der Waals surface area contributed by atoms with Crippen LogP contribution in [0.5, 0.6) is 0 Å². The number of fused-ring (bicyclic) bond motifs is 1. The fraction of sp³-hybridized carbons (Fsp3) is 0.455. The molecule has 7 heteroatoms. The number of nitrogens with zero attached hydrogens (tertiary/aromatic N) is 5. The lowest BCUT2D eigenvalue weighted by molar-refractivity contribution is -0.141. The monoisotopic (exact) mass is 393 g/mol. The fourth-order valence-electron chi connectivity index (χ4n) is 4.78. The number of amides is 2. The van der Waals surface area contributed by atoms with Crippen LogP contribution >= 0.6 is 0 Å². The largest absolute Gasteiger partial charge is 0.355 e. The van der Waals surface area contributed by atoms with E-state index < -0.39 is 5.41 Å². The lowest BCUT2D eigenvalue weighted by atomic mass is 9.74. The smallest absolute Gasteiger partial charge is 0.272 e. The van der Waals surface area contributed by atoms with Crippen molar-refractivity contribution in [3.8, 4) is 0 Å². The number of anilines is 1. The van der Waals surface area contributed by atoms with Crippen LogP contribution in [0.2, 0.25) is 0 Å². The van der Waals surface area contributed by atoms with E-state index in [2.05, 4.69) is 14.9 Å². The molecule has 29 heavy (non-hydrogen) atoms. The van der Waals surface area contributed by atoms with Gasteiger partial charge in [-0.25, -0.2) is 4.98 Å². The summed E-state index contributed by atoms with van der Waals surface area (Å²) in [6.07, 6.45) is 4.99. The molecule has 2 aliphatic heterocycles. The van der Waals surface area contributed by atoms with E-state index in [1.807, 2.05) is 49.3 Å². The van der Waals surface area contributed by atoms with Crippen LogP contribution in [0.3, 0.4) is 0 Å². The summed E-state index contributed by atoms with van der Waals surface area (Å²) in [7, 11) is 3.64. The van der Waals surface area contributed by atoms with Crippen LogP contribution < -0.4 is 4.90 Å². The average Bonchev–Trinajstić information content (AvgIpc) is 3.02. The molecule has 2 aliphatic rings. The van der Waals surface area contributed by atoms with Crippen LogP contribution in [-0.2, 0) is 4.79 Å². The zero-order chi connectivity index (χ0) is 20.4. The van der Waals surface area contributed by atoms with E-state index in [-0.39, 0.29) is 17.7 Å². The third kappa shape index (κ3) is 3.57. The first-order valence-electron chi connectivity index (χ1n) is 10.1. The molecule has 0 aromatic carbocycles. The van der Waals surface area contributed by atoms with Gasteiger partial charge >= 0.3 is 0 Å². The van der Waals surface area contributed by atoms with Crippen molar-refractivity contribution in [3.05, 3.63) is 54.5 Å². The second-order valence-electron chi connectivity index (χ2n) is 8.19. The number of hydrogen-bond donors (Lipinski definition) is 0. The maximum atomic E-state index is 13.3. The van der Waals surface area contributed by atoms with Gasteiger partial charge in [-0.2, -0.15) is 0 Å². The van der Waals surface area contributed by atoms with E-state index in [9.17, 15) is 9.59 Å². The Kier molecular flexibility index (Phi) is 5.22. The minimum absolute atomic E-state index is 0.0505. The Morgan fingerprint density at radius 1 is 1.07 bits per heavy atom. The summed E-state index contributed by atoms with van der Waals surface area (Å²) in [5.41, 5.74) is -0.0429. The van der Waals surface area contributed by atoms with Crippen molar-refractivity contribution in [1.29, 1.82) is 0 Å². The highest BCUT2D eigenvalue weighted by atomic mass is 16.2. The number of rotatable bonds is 3. The van der Waals surface area contributed by atoms with Crippen molar-refractivity contribution in [2.45, 2.75) is 12.8 Å². The molecule has 4 heterocycles. The molecule has 0 bridgehead atoms. The molecule has 2 aromatic rings. The van der Waals surface area contributed by atoms with E-state index in [1.54, 1.807) is 23.4 Å². The summed E-state index contributed by atoms with van der Waals surface area (Å²) in [6.45, 7) is 2.55. The summed E-state index contributed by atoms with van der Waals surface area (Å²) in [4.78, 5) is 40.9. The first-order chi connectivity index (χ1) is 14.0. The topological polar surface area (TPSA) is 69.6 Å². The Morgan fingerprint density at radius 2 is 1.83 bits per heavy atom. The van der Waals surface area contributed by atoms with Crippen LogP contribution in [-0.4, -0.2) is 71.9 Å². The molecule has 2 amide bonds. The van der Waals surface area contributed by atoms with Crippen LogP contribution in [0.15, 0.2) is 48.8 Å². The molecule has 0 saturated carbocycles. The van der Waals surface area contributed by atoms with Crippen LogP contribution in [0.1, 0.15) is 23.3 Å². The second-order valence-corrected chi connectivity index (χ2v) is 8.19. The van der Waals surface area contributed by atoms with E-state index in [0.717, 1.165) is 18.7 Å². The summed E-state index contributed by atoms with van der Waals surface area (Å²) >= 11 is 0. The molecule has 2 fully saturated rings. The lowest BCUT2D eigenvalue weighted by Crippen LogP contribution is -2.47. The van der Waals surface area contributed by atoms with Gasteiger partial charge in [-0.1, -0.05) is 12.1 Å². The highest BCUT2D eigenvalue weighted by molar-refractivity contribution is 5.92. The Balaban J connectivity index is 1.64. The Hall–Kier alpha value is -2.96. The van der Waals surface area contributed by atoms with Gasteiger partial charge in [0.15, 0.2) is 0 Å². The molecular weight excluding hydrogens is 366 g/mol. The van der Waals surface area contributed by atoms with Crippen molar-refractivity contribution in [1.82, 2.24) is 19.8 Å². The van der Waals surface area contributed by atoms with Crippen LogP contribution in [0, 0.1) is 11.3 Å². The molecule has 0 spiro atoms. The van der Waals surface area contributed by atoms with E-state index in [1.165, 1.54) is 0 Å². The molecular formula is C22H27N5O2. The number of carbonyl (C=O) groups excluding carboxylic acids is 2. The number of hydrogen-bond acceptors (Lipinski definition) is 5. The molecule has 2 saturated heterocycles. The SMILES string of the molecule is CN(C)C(=O)[C@]12CCCN(C(=O)c3ccccn3)C[C@H]1CN(c1ccccn1)C2. The standard InChI is InChI=1S/C22H27N5O2/c1-25(2)21(29)22-10-7-13-26(20(28)18-8-3-5-11-23-18)14-17(22)15-27(16-22)19-9-4-6-12-24-19/h3-6,8-9,11-12,17H,7,10,13-16H2,1-2H3/t17-,22-/m0/s1. The molecule has 0 radical (unpaired) electrons. The third-order valence-corrected chi connectivity index (χ3v) is 6.16. The molecule has 152 valence electrons. The van der Waals surface area contributed by atoms with Crippen molar-refractivity contribution >= 4 is 17.6 Å². The van der Waals surface area contributed by atoms with Crippen molar-refractivity contribution < 1.29 is 9.59 Å². The minimum Gasteiger partial charge on any atom is -0.355 e. The van der Waals surface area contributed by atoms with Gasteiger partial charge in [0.2, 0.25) is 5.91 Å². The predicted molar refractivity (Wildman–Crippen MR) is 110 cm³/mol. The zero-order valence-corrected chi connectivity index (χ0v) is 17.0. The van der Waals surface area contributed by atoms with Gasteiger partial charge in [-0.05, 0) is 37.1 Å². The number of likely N-dealkylation sites (tertiary alicyclic amines) is 1. The first kappa shape index (κ1) is 19.4. The highest BCUT2D eigenvalue weighted by Gasteiger charge is 2.54. The van der Waals surface area contributed by atoms with Gasteiger partial charge in [0.25, 0.3) is 5.91 Å².